The average Bonchev–Trinajstić information content (AvgIpc) is 1.65. The van der Waals surface area contributed by atoms with Crippen LogP contribution in [0.15, 0.2) is 60.8 Å². The first kappa shape index (κ1) is 115. The molecule has 0 spiro atoms. The highest BCUT2D eigenvalue weighted by atomic mass is 16.2. The van der Waals surface area contributed by atoms with E-state index in [4.69, 9.17) is 45.9 Å². The minimum absolute atomic E-state index is 0.00215. The number of aromatic nitrogens is 1. The minimum atomic E-state index is -1.43. The zero-order chi connectivity index (χ0) is 98.4. The standard InChI is InChI=1S/C92H158N24O16/c1-11-58(8)78(91(131)102-54-76(118)103-59(9)80(120)115-77(57(6)7)92(132)114-73(50-56(4)5)88(128)108-66(36-18-25-43-94)82(122)105-69(39-21-28-46-97)85(125)111-72(79(100)119)49-55(2)3)116-87(127)71(41-23-30-48-99)107-84(124)67(37-19-26-44-95)109-89(129)74(51-61-31-13-12-14-32-61)112-86(126)70(40-22-29-47-98)106-83(123)68(38-20-27-45-96)110-90(130)75(52-62-53-101-64-34-16-15-33-63(62)64)113-81(121)65(104-60(10)117)35-17-24-42-93/h12-16,31-34,53,55-59,65-75,77-78,101H,11,17-30,35-52,54,93-99H2,1-10H3,(H2,100,119)(H,102,131)(H,103,118)(H,104,117)(H,105,122)(H,106,123)(H,107,124)(H,108,128)(H,109,129)(H,110,130)(H,111,125)(H,112,126)(H,113,121)(H,114,132)(H,115,120)(H,116,127)/t58-,59-,65-,66-,67-,68-,69-,70-,71-,72-,73-,74-,75-,77-,78-/m0/s1. The Morgan fingerprint density at radius 2 is 0.644 bits per heavy atom. The Morgan fingerprint density at radius 3 is 1.01 bits per heavy atom. The topological polar surface area (TPSA) is 678 Å². The summed E-state index contributed by atoms with van der Waals surface area (Å²) < 4.78 is 0. The van der Waals surface area contributed by atoms with Gasteiger partial charge in [-0.3, -0.25) is 76.7 Å². The molecule has 0 unspecified atom stereocenters. The lowest BCUT2D eigenvalue weighted by atomic mass is 9.97. The van der Waals surface area contributed by atoms with E-state index in [0.29, 0.717) is 121 Å². The van der Waals surface area contributed by atoms with Gasteiger partial charge in [-0.15, -0.1) is 0 Å². The molecule has 40 nitrogen and oxygen atoms in total. The Kier molecular flexibility index (Phi) is 56.1. The van der Waals surface area contributed by atoms with Gasteiger partial charge in [0.2, 0.25) is 94.5 Å². The lowest BCUT2D eigenvalue weighted by Gasteiger charge is -2.29. The first-order valence-electron chi connectivity index (χ1n) is 47.2. The van der Waals surface area contributed by atoms with Crippen LogP contribution in [0.25, 0.3) is 10.9 Å². The van der Waals surface area contributed by atoms with E-state index in [1.807, 2.05) is 52.0 Å². The normalized spacial score (nSPS) is 14.8. The number of unbranched alkanes of at least 4 members (excludes halogenated alkanes) is 7. The maximum absolute atomic E-state index is 15.1. The van der Waals surface area contributed by atoms with Gasteiger partial charge in [0.25, 0.3) is 0 Å². The van der Waals surface area contributed by atoms with Crippen LogP contribution in [-0.2, 0) is 89.6 Å². The lowest BCUT2D eigenvalue weighted by Crippen LogP contribution is -2.61. The molecule has 32 N–H and O–H groups in total. The molecule has 742 valence electrons. The molecule has 16 amide bonds. The van der Waals surface area contributed by atoms with Crippen molar-refractivity contribution in [3.05, 3.63) is 71.9 Å². The highest BCUT2D eigenvalue weighted by Crippen LogP contribution is 2.22. The summed E-state index contributed by atoms with van der Waals surface area (Å²) in [4.78, 5) is 230. The van der Waals surface area contributed by atoms with Gasteiger partial charge < -0.3 is 131 Å². The zero-order valence-corrected chi connectivity index (χ0v) is 79.4. The van der Waals surface area contributed by atoms with Gasteiger partial charge in [0.15, 0.2) is 0 Å². The van der Waals surface area contributed by atoms with Gasteiger partial charge in [0.1, 0.15) is 84.6 Å². The summed E-state index contributed by atoms with van der Waals surface area (Å²) >= 11 is 0. The van der Waals surface area contributed by atoms with Crippen LogP contribution in [0.4, 0.5) is 0 Å². The van der Waals surface area contributed by atoms with Gasteiger partial charge in [-0.05, 0) is 241 Å². The molecule has 40 heteroatoms. The average molecular weight is 1860 g/mol. The molecule has 0 fully saturated rings. The van der Waals surface area contributed by atoms with Gasteiger partial charge in [-0.1, -0.05) is 110 Å². The number of H-pyrrole nitrogens is 1. The predicted octanol–water partition coefficient (Wildman–Crippen LogP) is -0.921. The van der Waals surface area contributed by atoms with Crippen LogP contribution in [0.3, 0.4) is 0 Å². The van der Waals surface area contributed by atoms with Crippen molar-refractivity contribution in [1.82, 2.24) is 84.7 Å². The number of fused-ring (bicyclic) bond motifs is 1. The Hall–Kier alpha value is -10.8. The van der Waals surface area contributed by atoms with E-state index in [1.165, 1.54) is 13.8 Å². The quantitative estimate of drug-likeness (QED) is 0.0304. The first-order chi connectivity index (χ1) is 62.9. The molecule has 15 atom stereocenters. The number of rotatable bonds is 69. The fourth-order valence-electron chi connectivity index (χ4n) is 14.9. The molecular formula is C92H158N24O16. The van der Waals surface area contributed by atoms with E-state index in [2.05, 4.69) is 84.7 Å². The molecule has 1 aromatic heterocycles. The number of para-hydroxylation sites is 1. The molecule has 3 aromatic rings. The van der Waals surface area contributed by atoms with Crippen LogP contribution >= 0.6 is 0 Å². The number of nitrogens with two attached hydrogens (primary N) is 8. The molecular weight excluding hydrogens is 1700 g/mol. The predicted molar refractivity (Wildman–Crippen MR) is 506 cm³/mol. The number of amides is 16. The fourth-order valence-corrected chi connectivity index (χ4v) is 14.9. The lowest BCUT2D eigenvalue weighted by molar-refractivity contribution is -0.136. The third-order valence-corrected chi connectivity index (χ3v) is 22.7. The van der Waals surface area contributed by atoms with Gasteiger partial charge >= 0.3 is 0 Å². The molecule has 0 aliphatic rings. The first-order valence-corrected chi connectivity index (χ1v) is 47.2. The van der Waals surface area contributed by atoms with E-state index in [0.717, 1.165) is 10.9 Å². The Morgan fingerprint density at radius 1 is 0.326 bits per heavy atom. The van der Waals surface area contributed by atoms with E-state index < -0.39 is 197 Å². The molecule has 0 saturated heterocycles. The van der Waals surface area contributed by atoms with Crippen molar-refractivity contribution in [2.75, 3.05) is 52.4 Å². The molecule has 1 heterocycles. The van der Waals surface area contributed by atoms with E-state index in [9.17, 15) is 67.1 Å². The second kappa shape index (κ2) is 64.1. The van der Waals surface area contributed by atoms with Crippen LogP contribution < -0.4 is 126 Å². The minimum Gasteiger partial charge on any atom is -0.368 e. The van der Waals surface area contributed by atoms with Crippen LogP contribution in [0.2, 0.25) is 0 Å². The molecule has 132 heavy (non-hydrogen) atoms. The molecule has 0 aliphatic carbocycles. The van der Waals surface area contributed by atoms with Crippen molar-refractivity contribution in [2.45, 2.75) is 321 Å². The molecule has 0 radical (unpaired) electrons. The molecule has 2 aromatic carbocycles. The van der Waals surface area contributed by atoms with Crippen LogP contribution in [-0.4, -0.2) is 236 Å². The summed E-state index contributed by atoms with van der Waals surface area (Å²) in [5.74, 6) is -13.3. The molecule has 0 aliphatic heterocycles. The summed E-state index contributed by atoms with van der Waals surface area (Å²) in [7, 11) is 0. The summed E-state index contributed by atoms with van der Waals surface area (Å²) in [5.41, 5.74) is 48.8. The van der Waals surface area contributed by atoms with Crippen molar-refractivity contribution in [3.63, 3.8) is 0 Å². The number of primary amides is 1. The van der Waals surface area contributed by atoms with Crippen LogP contribution in [0, 0.1) is 23.7 Å². The Labute approximate surface area is 777 Å². The van der Waals surface area contributed by atoms with E-state index in [1.54, 1.807) is 64.2 Å². The van der Waals surface area contributed by atoms with Crippen molar-refractivity contribution >= 4 is 105 Å². The van der Waals surface area contributed by atoms with Crippen molar-refractivity contribution < 1.29 is 76.7 Å². The third-order valence-electron chi connectivity index (χ3n) is 22.7. The van der Waals surface area contributed by atoms with Crippen LogP contribution in [0.5, 0.6) is 0 Å². The molecule has 0 bridgehead atoms. The molecule has 3 rings (SSSR count). The summed E-state index contributed by atoms with van der Waals surface area (Å²) in [5, 5.41) is 41.9. The van der Waals surface area contributed by atoms with Gasteiger partial charge in [0.05, 0.1) is 6.54 Å². The summed E-state index contributed by atoms with van der Waals surface area (Å²) in [6, 6.07) is -1.62. The largest absolute Gasteiger partial charge is 0.368 e. The number of hydrogen-bond donors (Lipinski definition) is 24. The van der Waals surface area contributed by atoms with Crippen molar-refractivity contribution in [2.24, 2.45) is 69.5 Å². The number of benzene rings is 2. The smallest absolute Gasteiger partial charge is 0.243 e. The van der Waals surface area contributed by atoms with Gasteiger partial charge in [-0.25, -0.2) is 0 Å². The maximum Gasteiger partial charge on any atom is 0.243 e. The monoisotopic (exact) mass is 1860 g/mol. The van der Waals surface area contributed by atoms with Gasteiger partial charge in [0, 0.05) is 36.9 Å². The highest BCUT2D eigenvalue weighted by Gasteiger charge is 2.39. The Balaban J connectivity index is 1.91. The molecule has 0 saturated carbocycles. The highest BCUT2D eigenvalue weighted by molar-refractivity contribution is 6.01. The SMILES string of the molecule is CC[C@H](C)[C@H](NC(=O)[C@H](CCCCN)NC(=O)[C@H](CCCCN)NC(=O)[C@H](Cc1ccccc1)NC(=O)[C@H](CCCCN)NC(=O)[C@H](CCCCN)NC(=O)[C@H](Cc1c[nH]c2ccccc12)NC(=O)[C@H](CCCCN)NC(C)=O)C(=O)NCC(=O)N[C@@H](C)C(=O)N[C@H](C(=O)N[C@@H](CC(C)C)C(=O)N[C@@H](CCCCN)C(=O)N[C@@H](CCCCN)C(=O)N[C@@H](CC(C)C)C(N)=O)C(C)C. The number of nitrogens with one attached hydrogen (secondary N) is 16. The van der Waals surface area contributed by atoms with Crippen molar-refractivity contribution in [1.29, 1.82) is 0 Å². The maximum atomic E-state index is 15.1. The number of carbonyl (C=O) groups excluding carboxylic acids is 16. The van der Waals surface area contributed by atoms with E-state index >= 15 is 9.59 Å². The van der Waals surface area contributed by atoms with E-state index in [-0.39, 0.29) is 115 Å². The second-order valence-electron chi connectivity index (χ2n) is 35.4. The summed E-state index contributed by atoms with van der Waals surface area (Å²) in [6.45, 7) is 17.9. The fraction of sp³-hybridized carbons (Fsp3) is 0.674. The number of aromatic amines is 1. The number of hydrogen-bond acceptors (Lipinski definition) is 23. The number of carbonyl (C=O) groups is 16. The Bertz CT molecular complexity index is 4080. The van der Waals surface area contributed by atoms with Crippen molar-refractivity contribution in [3.8, 4) is 0 Å². The summed E-state index contributed by atoms with van der Waals surface area (Å²) in [6.07, 6.45) is 8.56. The van der Waals surface area contributed by atoms with Gasteiger partial charge in [-0.2, -0.15) is 0 Å². The zero-order valence-electron chi connectivity index (χ0n) is 79.4. The van der Waals surface area contributed by atoms with Crippen LogP contribution in [0.1, 0.15) is 234 Å². The third kappa shape index (κ3) is 43.7. The second-order valence-corrected chi connectivity index (χ2v) is 35.4.